The van der Waals surface area contributed by atoms with Crippen molar-refractivity contribution in [1.82, 2.24) is 0 Å². The van der Waals surface area contributed by atoms with Gasteiger partial charge in [0.05, 0.1) is 17.4 Å². The Kier molecular flexibility index (Phi) is 3.11. The van der Waals surface area contributed by atoms with Crippen LogP contribution >= 0.6 is 11.8 Å². The van der Waals surface area contributed by atoms with Crippen molar-refractivity contribution in [1.29, 1.82) is 0 Å². The fraction of sp³-hybridized carbons (Fsp3) is 0.429. The van der Waals surface area contributed by atoms with Gasteiger partial charge in [0.1, 0.15) is 0 Å². The maximum Gasteiger partial charge on any atom is 0.299 e. The maximum atomic E-state index is 11.7. The molecule has 2 unspecified atom stereocenters. The van der Waals surface area contributed by atoms with E-state index in [0.717, 1.165) is 17.9 Å². The first-order valence-electron chi connectivity index (χ1n) is 6.32. The molecule has 2 atom stereocenters. The molecular formula is C14H15NO3S. The summed E-state index contributed by atoms with van der Waals surface area (Å²) in [4.78, 5) is 25.8. The fourth-order valence-electron chi connectivity index (χ4n) is 2.47. The van der Waals surface area contributed by atoms with Crippen molar-refractivity contribution in [3.8, 4) is 0 Å². The molecule has 0 N–H and O–H groups in total. The third-order valence-corrected chi connectivity index (χ3v) is 5.12. The van der Waals surface area contributed by atoms with Gasteiger partial charge in [-0.15, -0.1) is 11.8 Å². The summed E-state index contributed by atoms with van der Waals surface area (Å²) in [7, 11) is 1.64. The van der Waals surface area contributed by atoms with Crippen molar-refractivity contribution in [2.75, 3.05) is 18.6 Å². The molecule has 4 nitrogen and oxygen atoms in total. The number of fused-ring (bicyclic) bond motifs is 1. The molecule has 0 saturated carbocycles. The zero-order valence-corrected chi connectivity index (χ0v) is 11.7. The molecule has 1 saturated heterocycles. The smallest absolute Gasteiger partial charge is 0.299 e. The van der Waals surface area contributed by atoms with Gasteiger partial charge in [0.2, 0.25) is 0 Å². The molecule has 3 rings (SSSR count). The van der Waals surface area contributed by atoms with E-state index in [1.165, 1.54) is 4.90 Å². The number of anilines is 1. The van der Waals surface area contributed by atoms with E-state index in [1.54, 1.807) is 24.9 Å². The summed E-state index contributed by atoms with van der Waals surface area (Å²) in [6.45, 7) is 2.89. The zero-order chi connectivity index (χ0) is 13.6. The molecule has 100 valence electrons. The molecule has 1 fully saturated rings. The number of carbonyl (C=O) groups is 2. The lowest BCUT2D eigenvalue weighted by Gasteiger charge is -2.15. The summed E-state index contributed by atoms with van der Waals surface area (Å²) < 4.78 is 5.55. The molecule has 0 bridgehead atoms. The van der Waals surface area contributed by atoms with Gasteiger partial charge in [0.15, 0.2) is 0 Å². The van der Waals surface area contributed by atoms with Crippen LogP contribution in [0.3, 0.4) is 0 Å². The van der Waals surface area contributed by atoms with Gasteiger partial charge in [-0.1, -0.05) is 0 Å². The topological polar surface area (TPSA) is 46.6 Å². The normalized spacial score (nSPS) is 26.1. The second kappa shape index (κ2) is 4.65. The van der Waals surface area contributed by atoms with Gasteiger partial charge in [-0.2, -0.15) is 0 Å². The molecule has 1 aromatic rings. The van der Waals surface area contributed by atoms with E-state index in [-0.39, 0.29) is 6.10 Å². The fourth-order valence-corrected chi connectivity index (χ4v) is 3.63. The van der Waals surface area contributed by atoms with E-state index in [2.05, 4.69) is 6.92 Å². The van der Waals surface area contributed by atoms with Crippen molar-refractivity contribution in [3.05, 3.63) is 23.8 Å². The number of thioether (sulfide) groups is 1. The highest BCUT2D eigenvalue weighted by molar-refractivity contribution is 8.00. The van der Waals surface area contributed by atoms with Crippen molar-refractivity contribution in [3.63, 3.8) is 0 Å². The van der Waals surface area contributed by atoms with Gasteiger partial charge >= 0.3 is 0 Å². The highest BCUT2D eigenvalue weighted by Gasteiger charge is 2.34. The van der Waals surface area contributed by atoms with Crippen LogP contribution in [0, 0.1) is 0 Å². The van der Waals surface area contributed by atoms with Gasteiger partial charge in [0.25, 0.3) is 11.7 Å². The molecule has 1 aromatic carbocycles. The van der Waals surface area contributed by atoms with Gasteiger partial charge in [0, 0.05) is 23.8 Å². The Bertz CT molecular complexity index is 558. The first-order chi connectivity index (χ1) is 9.08. The second-order valence-electron chi connectivity index (χ2n) is 4.89. The zero-order valence-electron chi connectivity index (χ0n) is 10.9. The number of Topliss-reactive ketones (excluding diaryl/α,β-unsaturated/α-hetero) is 1. The number of hydrogen-bond acceptors (Lipinski definition) is 4. The van der Waals surface area contributed by atoms with Crippen molar-refractivity contribution < 1.29 is 14.3 Å². The first kappa shape index (κ1) is 12.7. The van der Waals surface area contributed by atoms with E-state index >= 15 is 0 Å². The van der Waals surface area contributed by atoms with Gasteiger partial charge in [-0.3, -0.25) is 9.59 Å². The number of ketones is 1. The van der Waals surface area contributed by atoms with E-state index < -0.39 is 11.7 Å². The predicted molar refractivity (Wildman–Crippen MR) is 73.9 cm³/mol. The average molecular weight is 277 g/mol. The lowest BCUT2D eigenvalue weighted by molar-refractivity contribution is -0.114. The highest BCUT2D eigenvalue weighted by Crippen LogP contribution is 2.37. The number of benzene rings is 1. The Balaban J connectivity index is 1.86. The minimum Gasteiger partial charge on any atom is -0.377 e. The number of hydrogen-bond donors (Lipinski definition) is 0. The van der Waals surface area contributed by atoms with Crippen LogP contribution in [0.5, 0.6) is 0 Å². The summed E-state index contributed by atoms with van der Waals surface area (Å²) in [6.07, 6.45) is 1.29. The Labute approximate surface area is 116 Å². The van der Waals surface area contributed by atoms with Crippen molar-refractivity contribution in [2.24, 2.45) is 0 Å². The minimum absolute atomic E-state index is 0.249. The summed E-state index contributed by atoms with van der Waals surface area (Å²) in [5.74, 6) is -0.860. The number of likely N-dealkylation sites (N-methyl/N-ethyl adjacent to an activating group) is 1. The molecule has 2 heterocycles. The minimum atomic E-state index is -0.449. The quantitative estimate of drug-likeness (QED) is 0.777. The number of amides is 1. The molecule has 2 aliphatic rings. The molecule has 2 aliphatic heterocycles. The van der Waals surface area contributed by atoms with E-state index in [4.69, 9.17) is 4.74 Å². The molecule has 1 amide bonds. The second-order valence-corrected chi connectivity index (χ2v) is 6.21. The monoisotopic (exact) mass is 277 g/mol. The number of carbonyl (C=O) groups excluding carboxylic acids is 2. The molecule has 5 heteroatoms. The molecule has 0 spiro atoms. The lowest BCUT2D eigenvalue weighted by Crippen LogP contribution is -2.24. The van der Waals surface area contributed by atoms with Crippen LogP contribution in [0.4, 0.5) is 5.69 Å². The van der Waals surface area contributed by atoms with Crippen LogP contribution in [0.1, 0.15) is 23.7 Å². The Morgan fingerprint density at radius 3 is 2.84 bits per heavy atom. The van der Waals surface area contributed by atoms with Crippen LogP contribution in [0.2, 0.25) is 0 Å². The third kappa shape index (κ3) is 2.07. The average Bonchev–Trinajstić information content (AvgIpc) is 2.89. The van der Waals surface area contributed by atoms with Crippen LogP contribution in [-0.2, 0) is 9.53 Å². The molecule has 19 heavy (non-hydrogen) atoms. The molecular weight excluding hydrogens is 262 g/mol. The lowest BCUT2D eigenvalue weighted by atomic mass is 10.1. The molecule has 0 radical (unpaired) electrons. The Morgan fingerprint density at radius 2 is 2.16 bits per heavy atom. The molecule has 0 aliphatic carbocycles. The Hall–Kier alpha value is -1.33. The van der Waals surface area contributed by atoms with E-state index in [1.807, 2.05) is 12.1 Å². The van der Waals surface area contributed by atoms with Gasteiger partial charge in [-0.25, -0.2) is 0 Å². The van der Waals surface area contributed by atoms with Gasteiger partial charge in [-0.05, 0) is 31.5 Å². The molecule has 0 aromatic heterocycles. The van der Waals surface area contributed by atoms with Crippen LogP contribution < -0.4 is 4.90 Å². The highest BCUT2D eigenvalue weighted by atomic mass is 32.2. The summed E-state index contributed by atoms with van der Waals surface area (Å²) in [5, 5.41) is 0.441. The van der Waals surface area contributed by atoms with Crippen LogP contribution in [0.15, 0.2) is 23.1 Å². The number of rotatable bonds is 2. The number of ether oxygens (including phenoxy) is 1. The summed E-state index contributed by atoms with van der Waals surface area (Å²) in [5.41, 5.74) is 1.22. The van der Waals surface area contributed by atoms with E-state index in [0.29, 0.717) is 16.5 Å². The van der Waals surface area contributed by atoms with Crippen molar-refractivity contribution in [2.45, 2.75) is 29.6 Å². The third-order valence-electron chi connectivity index (χ3n) is 3.67. The van der Waals surface area contributed by atoms with Gasteiger partial charge < -0.3 is 9.64 Å². The number of nitrogens with zero attached hydrogens (tertiary/aromatic N) is 1. The maximum absolute atomic E-state index is 11.7. The standard InChI is InChI=1S/C14H15NO3S/c1-8-12(5-6-18-8)19-9-3-4-10-11(7-9)15(2)14(17)13(10)16/h3-4,7-8,12H,5-6H2,1-2H3. The van der Waals surface area contributed by atoms with Crippen LogP contribution in [0.25, 0.3) is 0 Å². The van der Waals surface area contributed by atoms with E-state index in [9.17, 15) is 9.59 Å². The van der Waals surface area contributed by atoms with Crippen molar-refractivity contribution >= 4 is 29.1 Å². The predicted octanol–water partition coefficient (Wildman–Crippen LogP) is 2.12. The first-order valence-corrected chi connectivity index (χ1v) is 7.20. The van der Waals surface area contributed by atoms with Crippen LogP contribution in [-0.4, -0.2) is 36.7 Å². The largest absolute Gasteiger partial charge is 0.377 e. The SMILES string of the molecule is CC1OCCC1Sc1ccc2c(c1)N(C)C(=O)C2=O. The summed E-state index contributed by atoms with van der Waals surface area (Å²) >= 11 is 1.76. The Morgan fingerprint density at radius 1 is 1.37 bits per heavy atom. The summed E-state index contributed by atoms with van der Waals surface area (Å²) in [6, 6.07) is 5.59.